The van der Waals surface area contributed by atoms with Crippen molar-refractivity contribution in [2.75, 3.05) is 12.4 Å². The standard InChI is InChI=1S/C12H15ClN2O2/c1-17-12(16)9-7-14-11(13)6-10(9)15-8-4-2-3-5-8/h6-8H,2-5H2,1H3,(H,14,15). The van der Waals surface area contributed by atoms with Crippen molar-refractivity contribution in [3.05, 3.63) is 23.0 Å². The van der Waals surface area contributed by atoms with Crippen LogP contribution in [0, 0.1) is 0 Å². The second kappa shape index (κ2) is 5.36. The van der Waals surface area contributed by atoms with Crippen LogP contribution in [-0.4, -0.2) is 24.1 Å². The molecule has 0 aliphatic heterocycles. The Morgan fingerprint density at radius 2 is 2.24 bits per heavy atom. The number of halogens is 1. The van der Waals surface area contributed by atoms with Gasteiger partial charge in [0.05, 0.1) is 12.8 Å². The van der Waals surface area contributed by atoms with Gasteiger partial charge in [0.1, 0.15) is 10.7 Å². The number of anilines is 1. The molecule has 4 nitrogen and oxygen atoms in total. The first-order valence-corrected chi connectivity index (χ1v) is 6.09. The van der Waals surface area contributed by atoms with Crippen LogP contribution in [0.15, 0.2) is 12.3 Å². The van der Waals surface area contributed by atoms with E-state index in [1.165, 1.54) is 26.1 Å². The van der Waals surface area contributed by atoms with E-state index in [2.05, 4.69) is 10.3 Å². The summed E-state index contributed by atoms with van der Waals surface area (Å²) in [6, 6.07) is 2.09. The van der Waals surface area contributed by atoms with Crippen molar-refractivity contribution >= 4 is 23.3 Å². The van der Waals surface area contributed by atoms with Crippen LogP contribution in [0.25, 0.3) is 0 Å². The monoisotopic (exact) mass is 254 g/mol. The van der Waals surface area contributed by atoms with E-state index < -0.39 is 5.97 Å². The normalized spacial score (nSPS) is 15.9. The van der Waals surface area contributed by atoms with Crippen molar-refractivity contribution in [3.63, 3.8) is 0 Å². The van der Waals surface area contributed by atoms with Gasteiger partial charge in [-0.3, -0.25) is 0 Å². The van der Waals surface area contributed by atoms with Crippen LogP contribution in [0.5, 0.6) is 0 Å². The first-order chi connectivity index (χ1) is 8.20. The Morgan fingerprint density at radius 3 is 2.88 bits per heavy atom. The molecule has 0 unspecified atom stereocenters. The number of nitrogens with zero attached hydrogens (tertiary/aromatic N) is 1. The van der Waals surface area contributed by atoms with Crippen LogP contribution >= 0.6 is 11.6 Å². The highest BCUT2D eigenvalue weighted by Crippen LogP contribution is 2.26. The van der Waals surface area contributed by atoms with Crippen molar-refractivity contribution in [1.29, 1.82) is 0 Å². The average Bonchev–Trinajstić information content (AvgIpc) is 2.81. The quantitative estimate of drug-likeness (QED) is 0.666. The first kappa shape index (κ1) is 12.2. The molecular formula is C12H15ClN2O2. The van der Waals surface area contributed by atoms with Gasteiger partial charge >= 0.3 is 5.97 Å². The van der Waals surface area contributed by atoms with Gasteiger partial charge in [0.15, 0.2) is 0 Å². The van der Waals surface area contributed by atoms with Crippen molar-refractivity contribution in [3.8, 4) is 0 Å². The summed E-state index contributed by atoms with van der Waals surface area (Å²) in [5.74, 6) is -0.394. The molecule has 0 saturated heterocycles. The summed E-state index contributed by atoms with van der Waals surface area (Å²) in [5.41, 5.74) is 1.15. The molecule has 1 aromatic heterocycles. The van der Waals surface area contributed by atoms with E-state index in [0.29, 0.717) is 22.4 Å². The van der Waals surface area contributed by atoms with E-state index >= 15 is 0 Å². The van der Waals surface area contributed by atoms with E-state index in [4.69, 9.17) is 16.3 Å². The summed E-state index contributed by atoms with van der Waals surface area (Å²) in [6.07, 6.45) is 6.15. The fourth-order valence-electron chi connectivity index (χ4n) is 2.11. The lowest BCUT2D eigenvalue weighted by atomic mass is 10.2. The topological polar surface area (TPSA) is 51.2 Å². The molecule has 0 amide bonds. The van der Waals surface area contributed by atoms with Crippen molar-refractivity contribution < 1.29 is 9.53 Å². The third-order valence-electron chi connectivity index (χ3n) is 2.99. The van der Waals surface area contributed by atoms with E-state index in [0.717, 1.165) is 12.8 Å². The van der Waals surface area contributed by atoms with Crippen LogP contribution < -0.4 is 5.32 Å². The Labute approximate surface area is 105 Å². The van der Waals surface area contributed by atoms with E-state index in [-0.39, 0.29) is 0 Å². The van der Waals surface area contributed by atoms with Gasteiger partial charge in [0, 0.05) is 12.2 Å². The number of carbonyl (C=O) groups is 1. The second-order valence-corrected chi connectivity index (χ2v) is 4.56. The zero-order chi connectivity index (χ0) is 12.3. The highest BCUT2D eigenvalue weighted by atomic mass is 35.5. The number of pyridine rings is 1. The summed E-state index contributed by atoms with van der Waals surface area (Å²) in [6.45, 7) is 0. The molecule has 1 aliphatic carbocycles. The van der Waals surface area contributed by atoms with Gasteiger partial charge in [-0.25, -0.2) is 9.78 Å². The molecule has 0 atom stereocenters. The summed E-state index contributed by atoms with van der Waals surface area (Å²) >= 11 is 5.85. The molecule has 1 saturated carbocycles. The largest absolute Gasteiger partial charge is 0.465 e. The summed E-state index contributed by atoms with van der Waals surface area (Å²) in [5, 5.41) is 3.71. The van der Waals surface area contributed by atoms with E-state index in [1.807, 2.05) is 0 Å². The highest BCUT2D eigenvalue weighted by Gasteiger charge is 2.19. The third kappa shape index (κ3) is 2.88. The lowest BCUT2D eigenvalue weighted by Crippen LogP contribution is -2.17. The molecule has 0 spiro atoms. The highest BCUT2D eigenvalue weighted by molar-refractivity contribution is 6.29. The van der Waals surface area contributed by atoms with Crippen LogP contribution in [0.1, 0.15) is 36.0 Å². The predicted molar refractivity (Wildman–Crippen MR) is 66.5 cm³/mol. The van der Waals surface area contributed by atoms with Gasteiger partial charge < -0.3 is 10.1 Å². The van der Waals surface area contributed by atoms with Crippen LogP contribution in [-0.2, 0) is 4.74 Å². The average molecular weight is 255 g/mol. The minimum atomic E-state index is -0.394. The predicted octanol–water partition coefficient (Wildman–Crippen LogP) is 2.88. The Hall–Kier alpha value is -1.29. The van der Waals surface area contributed by atoms with Gasteiger partial charge in [0.25, 0.3) is 0 Å². The maximum absolute atomic E-state index is 11.6. The maximum atomic E-state index is 11.6. The second-order valence-electron chi connectivity index (χ2n) is 4.17. The number of rotatable bonds is 3. The number of nitrogens with one attached hydrogen (secondary N) is 1. The number of esters is 1. The minimum absolute atomic E-state index is 0.373. The molecule has 0 radical (unpaired) electrons. The summed E-state index contributed by atoms with van der Waals surface area (Å²) < 4.78 is 4.72. The Bertz CT molecular complexity index is 417. The molecule has 0 aromatic carbocycles. The molecule has 1 heterocycles. The van der Waals surface area contributed by atoms with Gasteiger partial charge in [-0.05, 0) is 18.9 Å². The van der Waals surface area contributed by atoms with Crippen molar-refractivity contribution in [2.45, 2.75) is 31.7 Å². The number of hydrogen-bond acceptors (Lipinski definition) is 4. The van der Waals surface area contributed by atoms with E-state index in [9.17, 15) is 4.79 Å². The third-order valence-corrected chi connectivity index (χ3v) is 3.20. The molecule has 1 fully saturated rings. The minimum Gasteiger partial charge on any atom is -0.465 e. The molecule has 1 aliphatic rings. The van der Waals surface area contributed by atoms with Crippen LogP contribution in [0.3, 0.4) is 0 Å². The summed E-state index contributed by atoms with van der Waals surface area (Å²) in [4.78, 5) is 15.5. The number of carbonyl (C=O) groups excluding carboxylic acids is 1. The molecule has 5 heteroatoms. The SMILES string of the molecule is COC(=O)c1cnc(Cl)cc1NC1CCCC1. The molecule has 1 N–H and O–H groups in total. The maximum Gasteiger partial charge on any atom is 0.341 e. The number of ether oxygens (including phenoxy) is 1. The molecule has 0 bridgehead atoms. The number of hydrogen-bond donors (Lipinski definition) is 1. The van der Waals surface area contributed by atoms with Gasteiger partial charge in [0.2, 0.25) is 0 Å². The number of aromatic nitrogens is 1. The lowest BCUT2D eigenvalue weighted by Gasteiger charge is -2.16. The molecular weight excluding hydrogens is 240 g/mol. The van der Waals surface area contributed by atoms with Crippen LogP contribution in [0.2, 0.25) is 5.15 Å². The van der Waals surface area contributed by atoms with Crippen molar-refractivity contribution in [2.24, 2.45) is 0 Å². The Balaban J connectivity index is 2.22. The zero-order valence-corrected chi connectivity index (χ0v) is 10.5. The number of methoxy groups -OCH3 is 1. The Morgan fingerprint density at radius 1 is 1.53 bits per heavy atom. The zero-order valence-electron chi connectivity index (χ0n) is 9.70. The van der Waals surface area contributed by atoms with Gasteiger partial charge in [-0.1, -0.05) is 24.4 Å². The van der Waals surface area contributed by atoms with Gasteiger partial charge in [-0.2, -0.15) is 0 Å². The smallest absolute Gasteiger partial charge is 0.341 e. The fourth-order valence-corrected chi connectivity index (χ4v) is 2.27. The Kier molecular flexibility index (Phi) is 3.84. The van der Waals surface area contributed by atoms with Crippen molar-refractivity contribution in [1.82, 2.24) is 4.98 Å². The van der Waals surface area contributed by atoms with Gasteiger partial charge in [-0.15, -0.1) is 0 Å². The molecule has 1 aromatic rings. The summed E-state index contributed by atoms with van der Waals surface area (Å²) in [7, 11) is 1.36. The van der Waals surface area contributed by atoms with Crippen LogP contribution in [0.4, 0.5) is 5.69 Å². The lowest BCUT2D eigenvalue weighted by molar-refractivity contribution is 0.0601. The first-order valence-electron chi connectivity index (χ1n) is 5.71. The molecule has 17 heavy (non-hydrogen) atoms. The molecule has 2 rings (SSSR count). The van der Waals surface area contributed by atoms with E-state index in [1.54, 1.807) is 6.07 Å². The fraction of sp³-hybridized carbons (Fsp3) is 0.500. The molecule has 92 valence electrons.